The molecule has 1 heterocycles. The molecule has 1 N–H and O–H groups in total. The number of carbonyl (C=O) groups excluding carboxylic acids is 1. The number of hydrogen-bond acceptors (Lipinski definition) is 2. The maximum absolute atomic E-state index is 12.9. The van der Waals surface area contributed by atoms with Crippen molar-refractivity contribution in [1.29, 1.82) is 0 Å². The van der Waals surface area contributed by atoms with Crippen molar-refractivity contribution in [3.63, 3.8) is 0 Å². The van der Waals surface area contributed by atoms with Crippen LogP contribution < -0.4 is 10.2 Å². The minimum Gasteiger partial charge on any atom is -0.311 e. The minimum atomic E-state index is 0.0398. The monoisotopic (exact) mass is 344 g/mol. The molecule has 0 fully saturated rings. The number of nitrogens with zero attached hydrogens (tertiary/aromatic N) is 1. The standard InChI is InChI=1S/C17H17BrN2O/c1-12-6-7-14(15(18)10-12)17(21)20-9-8-19-11-13-4-2-3-5-16(13)20/h2-7,10,19H,8-9,11H2,1H3. The number of hydrogen-bond donors (Lipinski definition) is 1. The van der Waals surface area contributed by atoms with E-state index in [1.807, 2.05) is 48.2 Å². The van der Waals surface area contributed by atoms with Gasteiger partial charge < -0.3 is 10.2 Å². The van der Waals surface area contributed by atoms with E-state index in [0.717, 1.165) is 34.4 Å². The molecule has 3 rings (SSSR count). The number of fused-ring (bicyclic) bond motifs is 1. The number of amides is 1. The zero-order valence-corrected chi connectivity index (χ0v) is 13.5. The summed E-state index contributed by atoms with van der Waals surface area (Å²) in [5.74, 6) is 0.0398. The van der Waals surface area contributed by atoms with Crippen LogP contribution in [0.4, 0.5) is 5.69 Å². The lowest BCUT2D eigenvalue weighted by atomic mass is 10.1. The van der Waals surface area contributed by atoms with Gasteiger partial charge in [-0.1, -0.05) is 24.3 Å². The Morgan fingerprint density at radius 3 is 2.86 bits per heavy atom. The normalized spacial score (nSPS) is 14.5. The Kier molecular flexibility index (Phi) is 4.08. The maximum Gasteiger partial charge on any atom is 0.259 e. The van der Waals surface area contributed by atoms with Gasteiger partial charge in [0.25, 0.3) is 5.91 Å². The first-order valence-electron chi connectivity index (χ1n) is 7.03. The zero-order valence-electron chi connectivity index (χ0n) is 11.9. The van der Waals surface area contributed by atoms with Crippen molar-refractivity contribution in [2.45, 2.75) is 13.5 Å². The van der Waals surface area contributed by atoms with E-state index in [2.05, 4.69) is 27.3 Å². The fraction of sp³-hybridized carbons (Fsp3) is 0.235. The number of carbonyl (C=O) groups is 1. The molecule has 0 spiro atoms. The maximum atomic E-state index is 12.9. The van der Waals surface area contributed by atoms with E-state index >= 15 is 0 Å². The van der Waals surface area contributed by atoms with Crippen LogP contribution in [0.2, 0.25) is 0 Å². The molecule has 3 nitrogen and oxygen atoms in total. The molecule has 0 aromatic heterocycles. The van der Waals surface area contributed by atoms with E-state index < -0.39 is 0 Å². The second kappa shape index (κ2) is 6.00. The van der Waals surface area contributed by atoms with Gasteiger partial charge in [0.15, 0.2) is 0 Å². The van der Waals surface area contributed by atoms with Gasteiger partial charge in [0.2, 0.25) is 0 Å². The lowest BCUT2D eigenvalue weighted by molar-refractivity contribution is 0.0987. The number of benzene rings is 2. The summed E-state index contributed by atoms with van der Waals surface area (Å²) in [4.78, 5) is 14.8. The van der Waals surface area contributed by atoms with E-state index in [-0.39, 0.29) is 5.91 Å². The van der Waals surface area contributed by atoms with Crippen LogP contribution in [0.15, 0.2) is 46.9 Å². The molecule has 0 unspecified atom stereocenters. The topological polar surface area (TPSA) is 32.3 Å². The van der Waals surface area contributed by atoms with Crippen LogP contribution in [0.1, 0.15) is 21.5 Å². The van der Waals surface area contributed by atoms with E-state index in [4.69, 9.17) is 0 Å². The third kappa shape index (κ3) is 2.87. The van der Waals surface area contributed by atoms with E-state index in [1.165, 1.54) is 0 Å². The Morgan fingerprint density at radius 1 is 1.24 bits per heavy atom. The van der Waals surface area contributed by atoms with E-state index in [9.17, 15) is 4.79 Å². The predicted molar refractivity (Wildman–Crippen MR) is 88.7 cm³/mol. The van der Waals surface area contributed by atoms with Gasteiger partial charge in [0.1, 0.15) is 0 Å². The van der Waals surface area contributed by atoms with Gasteiger partial charge in [-0.3, -0.25) is 4.79 Å². The molecular weight excluding hydrogens is 328 g/mol. The van der Waals surface area contributed by atoms with Crippen molar-refractivity contribution < 1.29 is 4.79 Å². The van der Waals surface area contributed by atoms with Crippen LogP contribution >= 0.6 is 15.9 Å². The Hall–Kier alpha value is -1.65. The summed E-state index contributed by atoms with van der Waals surface area (Å²) in [7, 11) is 0. The molecule has 0 radical (unpaired) electrons. The van der Waals surface area contributed by atoms with Gasteiger partial charge in [-0.15, -0.1) is 0 Å². The van der Waals surface area contributed by atoms with Crippen LogP contribution in [0.3, 0.4) is 0 Å². The number of halogens is 1. The second-order valence-corrected chi connectivity index (χ2v) is 6.10. The lowest BCUT2D eigenvalue weighted by Gasteiger charge is -2.23. The molecule has 0 bridgehead atoms. The van der Waals surface area contributed by atoms with Gasteiger partial charge in [-0.05, 0) is 52.2 Å². The van der Waals surface area contributed by atoms with Gasteiger partial charge in [0.05, 0.1) is 5.56 Å². The molecule has 1 aliphatic rings. The molecular formula is C17H17BrN2O. The summed E-state index contributed by atoms with van der Waals surface area (Å²) in [5.41, 5.74) is 4.00. The first-order chi connectivity index (χ1) is 10.2. The smallest absolute Gasteiger partial charge is 0.259 e. The van der Waals surface area contributed by atoms with Crippen molar-refractivity contribution in [3.05, 3.63) is 63.6 Å². The molecule has 108 valence electrons. The highest BCUT2D eigenvalue weighted by atomic mass is 79.9. The molecule has 4 heteroatoms. The average molecular weight is 345 g/mol. The predicted octanol–water partition coefficient (Wildman–Crippen LogP) is 3.51. The summed E-state index contributed by atoms with van der Waals surface area (Å²) in [6.45, 7) is 4.29. The van der Waals surface area contributed by atoms with Crippen molar-refractivity contribution in [2.75, 3.05) is 18.0 Å². The first kappa shape index (κ1) is 14.3. The second-order valence-electron chi connectivity index (χ2n) is 5.25. The van der Waals surface area contributed by atoms with Crippen LogP contribution in [0.5, 0.6) is 0 Å². The number of nitrogens with one attached hydrogen (secondary N) is 1. The molecule has 2 aromatic carbocycles. The van der Waals surface area contributed by atoms with Crippen LogP contribution in [0.25, 0.3) is 0 Å². The lowest BCUT2D eigenvalue weighted by Crippen LogP contribution is -2.34. The van der Waals surface area contributed by atoms with E-state index in [0.29, 0.717) is 12.1 Å². The zero-order chi connectivity index (χ0) is 14.8. The minimum absolute atomic E-state index is 0.0398. The number of anilines is 1. The molecule has 2 aromatic rings. The van der Waals surface area contributed by atoms with Gasteiger partial charge in [-0.2, -0.15) is 0 Å². The summed E-state index contributed by atoms with van der Waals surface area (Å²) in [6, 6.07) is 13.9. The quantitative estimate of drug-likeness (QED) is 0.858. The third-order valence-corrected chi connectivity index (χ3v) is 4.37. The van der Waals surface area contributed by atoms with Crippen molar-refractivity contribution >= 4 is 27.5 Å². The summed E-state index contributed by atoms with van der Waals surface area (Å²) >= 11 is 3.51. The fourth-order valence-corrected chi connectivity index (χ4v) is 3.27. The highest BCUT2D eigenvalue weighted by molar-refractivity contribution is 9.10. The van der Waals surface area contributed by atoms with Crippen molar-refractivity contribution in [3.8, 4) is 0 Å². The molecule has 1 aliphatic heterocycles. The first-order valence-corrected chi connectivity index (χ1v) is 7.83. The Balaban J connectivity index is 2.01. The molecule has 1 amide bonds. The molecule has 21 heavy (non-hydrogen) atoms. The molecule has 0 atom stereocenters. The van der Waals surface area contributed by atoms with E-state index in [1.54, 1.807) is 0 Å². The number of rotatable bonds is 1. The van der Waals surface area contributed by atoms with Gasteiger partial charge >= 0.3 is 0 Å². The number of aryl methyl sites for hydroxylation is 1. The summed E-state index contributed by atoms with van der Waals surface area (Å²) < 4.78 is 0.849. The van der Waals surface area contributed by atoms with Crippen molar-refractivity contribution in [2.24, 2.45) is 0 Å². The van der Waals surface area contributed by atoms with Crippen molar-refractivity contribution in [1.82, 2.24) is 5.32 Å². The highest BCUT2D eigenvalue weighted by Crippen LogP contribution is 2.26. The highest BCUT2D eigenvalue weighted by Gasteiger charge is 2.23. The molecule has 0 saturated heterocycles. The van der Waals surface area contributed by atoms with Crippen LogP contribution in [-0.2, 0) is 6.54 Å². The summed E-state index contributed by atoms with van der Waals surface area (Å²) in [5, 5.41) is 3.36. The summed E-state index contributed by atoms with van der Waals surface area (Å²) in [6.07, 6.45) is 0. The Bertz CT molecular complexity index is 684. The number of para-hydroxylation sites is 1. The third-order valence-electron chi connectivity index (χ3n) is 3.71. The Morgan fingerprint density at radius 2 is 2.05 bits per heavy atom. The molecule has 0 saturated carbocycles. The average Bonchev–Trinajstić information content (AvgIpc) is 2.69. The van der Waals surface area contributed by atoms with Gasteiger partial charge in [-0.25, -0.2) is 0 Å². The largest absolute Gasteiger partial charge is 0.311 e. The fourth-order valence-electron chi connectivity index (χ4n) is 2.61. The van der Waals surface area contributed by atoms with Crippen LogP contribution in [-0.4, -0.2) is 19.0 Å². The van der Waals surface area contributed by atoms with Crippen LogP contribution in [0, 0.1) is 6.92 Å². The Labute approximate surface area is 133 Å². The van der Waals surface area contributed by atoms with Gasteiger partial charge in [0, 0.05) is 29.8 Å². The molecule has 0 aliphatic carbocycles. The SMILES string of the molecule is Cc1ccc(C(=O)N2CCNCc3ccccc32)c(Br)c1.